The summed E-state index contributed by atoms with van der Waals surface area (Å²) in [5, 5.41) is 1.07. The van der Waals surface area contributed by atoms with Crippen LogP contribution < -0.4 is 5.73 Å². The average Bonchev–Trinajstić information content (AvgIpc) is 2.85. The van der Waals surface area contributed by atoms with Gasteiger partial charge < -0.3 is 5.73 Å². The first-order valence-corrected chi connectivity index (χ1v) is 6.30. The second kappa shape index (κ2) is 3.50. The van der Waals surface area contributed by atoms with Gasteiger partial charge in [-0.3, -0.25) is 0 Å². The van der Waals surface area contributed by atoms with Crippen LogP contribution in [0.4, 0.5) is 4.39 Å². The fraction of sp³-hybridized carbons (Fsp3) is 0.417. The molecule has 0 atom stereocenters. The summed E-state index contributed by atoms with van der Waals surface area (Å²) in [6, 6.07) is 4.77. The number of hydrogen-bond donors (Lipinski definition) is 1. The zero-order valence-corrected chi connectivity index (χ0v) is 9.69. The normalized spacial score (nSPS) is 17.9. The molecule has 0 bridgehead atoms. The minimum absolute atomic E-state index is 0.0725. The lowest BCUT2D eigenvalue weighted by Crippen LogP contribution is -2.21. The van der Waals surface area contributed by atoms with Crippen molar-refractivity contribution in [3.8, 4) is 0 Å². The van der Waals surface area contributed by atoms with Gasteiger partial charge in [-0.05, 0) is 31.4 Å². The molecule has 2 aromatic rings. The van der Waals surface area contributed by atoms with Crippen LogP contribution in [0.3, 0.4) is 0 Å². The maximum atomic E-state index is 13.0. The van der Waals surface area contributed by atoms with Gasteiger partial charge in [0.25, 0.3) is 0 Å². The minimum Gasteiger partial charge on any atom is -0.325 e. The van der Waals surface area contributed by atoms with Crippen LogP contribution >= 0.6 is 11.3 Å². The van der Waals surface area contributed by atoms with E-state index in [0.29, 0.717) is 0 Å². The zero-order valence-electron chi connectivity index (χ0n) is 8.87. The zero-order chi connectivity index (χ0) is 11.2. The van der Waals surface area contributed by atoms with E-state index in [1.54, 1.807) is 17.4 Å². The van der Waals surface area contributed by atoms with Gasteiger partial charge in [-0.25, -0.2) is 9.37 Å². The summed E-state index contributed by atoms with van der Waals surface area (Å²) in [4.78, 5) is 4.43. The average molecular weight is 236 g/mol. The molecular weight excluding hydrogens is 223 g/mol. The van der Waals surface area contributed by atoms with E-state index in [9.17, 15) is 4.39 Å². The molecular formula is C12H13FN2S. The number of hydrogen-bond acceptors (Lipinski definition) is 3. The van der Waals surface area contributed by atoms with Crippen molar-refractivity contribution in [2.24, 2.45) is 5.73 Å². The van der Waals surface area contributed by atoms with E-state index in [1.165, 1.54) is 12.1 Å². The number of aryl methyl sites for hydroxylation is 1. The lowest BCUT2D eigenvalue weighted by atomic mass is 10.1. The predicted molar refractivity (Wildman–Crippen MR) is 64.1 cm³/mol. The molecule has 16 heavy (non-hydrogen) atoms. The summed E-state index contributed by atoms with van der Waals surface area (Å²) < 4.78 is 14.0. The number of benzene rings is 1. The monoisotopic (exact) mass is 236 g/mol. The van der Waals surface area contributed by atoms with Gasteiger partial charge in [-0.1, -0.05) is 0 Å². The van der Waals surface area contributed by atoms with Crippen LogP contribution in [0.25, 0.3) is 10.2 Å². The lowest BCUT2D eigenvalue weighted by molar-refractivity contribution is 0.608. The molecule has 2 nitrogen and oxygen atoms in total. The van der Waals surface area contributed by atoms with Crippen molar-refractivity contribution in [1.82, 2.24) is 4.98 Å². The number of rotatable bonds is 3. The van der Waals surface area contributed by atoms with Crippen LogP contribution in [0.5, 0.6) is 0 Å². The first-order valence-electron chi connectivity index (χ1n) is 5.49. The van der Waals surface area contributed by atoms with Gasteiger partial charge in [-0.15, -0.1) is 11.3 Å². The molecule has 2 N–H and O–H groups in total. The molecule has 0 unspecified atom stereocenters. The highest BCUT2D eigenvalue weighted by Gasteiger charge is 2.37. The Kier molecular flexibility index (Phi) is 2.23. The first-order chi connectivity index (χ1) is 7.65. The van der Waals surface area contributed by atoms with Crippen molar-refractivity contribution in [2.45, 2.75) is 31.2 Å². The second-order valence-corrected chi connectivity index (χ2v) is 5.70. The lowest BCUT2D eigenvalue weighted by Gasteiger charge is -2.04. The van der Waals surface area contributed by atoms with E-state index in [2.05, 4.69) is 4.98 Å². The number of nitrogens with zero attached hydrogens (tertiary/aromatic N) is 1. The second-order valence-electron chi connectivity index (χ2n) is 4.58. The number of nitrogens with two attached hydrogens (primary N) is 1. The van der Waals surface area contributed by atoms with Gasteiger partial charge in [-0.2, -0.15) is 0 Å². The van der Waals surface area contributed by atoms with Crippen LogP contribution in [0.2, 0.25) is 0 Å². The molecule has 1 fully saturated rings. The van der Waals surface area contributed by atoms with E-state index < -0.39 is 0 Å². The standard InChI is InChI=1S/C12H13FN2S/c13-8-1-2-10-9(7-8)15-11(16-10)3-4-12(14)5-6-12/h1-2,7H,3-6,14H2. The largest absolute Gasteiger partial charge is 0.325 e. The Morgan fingerprint density at radius 2 is 2.25 bits per heavy atom. The van der Waals surface area contributed by atoms with Gasteiger partial charge in [0.05, 0.1) is 15.2 Å². The minimum atomic E-state index is -0.221. The smallest absolute Gasteiger partial charge is 0.125 e. The Labute approximate surface area is 97.3 Å². The summed E-state index contributed by atoms with van der Waals surface area (Å²) in [7, 11) is 0. The number of thiazole rings is 1. The van der Waals surface area contributed by atoms with Crippen molar-refractivity contribution in [2.75, 3.05) is 0 Å². The third-order valence-electron chi connectivity index (χ3n) is 3.12. The van der Waals surface area contributed by atoms with Crippen molar-refractivity contribution in [1.29, 1.82) is 0 Å². The van der Waals surface area contributed by atoms with Crippen molar-refractivity contribution in [3.63, 3.8) is 0 Å². The molecule has 0 spiro atoms. The van der Waals surface area contributed by atoms with Crippen molar-refractivity contribution in [3.05, 3.63) is 29.0 Å². The van der Waals surface area contributed by atoms with E-state index in [4.69, 9.17) is 5.73 Å². The molecule has 0 amide bonds. The Hall–Kier alpha value is -1.00. The van der Waals surface area contributed by atoms with Gasteiger partial charge in [0.2, 0.25) is 0 Å². The first kappa shape index (κ1) is 10.2. The summed E-state index contributed by atoms with van der Waals surface area (Å²) in [5.41, 5.74) is 6.87. The van der Waals surface area contributed by atoms with Crippen molar-refractivity contribution < 1.29 is 4.39 Å². The van der Waals surface area contributed by atoms with E-state index in [-0.39, 0.29) is 11.4 Å². The number of fused-ring (bicyclic) bond motifs is 1. The number of halogens is 1. The quantitative estimate of drug-likeness (QED) is 0.890. The highest BCUT2D eigenvalue weighted by molar-refractivity contribution is 7.18. The molecule has 84 valence electrons. The third kappa shape index (κ3) is 1.95. The number of aromatic nitrogens is 1. The fourth-order valence-corrected chi connectivity index (χ4v) is 2.77. The molecule has 4 heteroatoms. The van der Waals surface area contributed by atoms with Gasteiger partial charge in [0, 0.05) is 18.0 Å². The van der Waals surface area contributed by atoms with E-state index in [1.807, 2.05) is 0 Å². The molecule has 1 aromatic heterocycles. The van der Waals surface area contributed by atoms with Crippen LogP contribution in [-0.2, 0) is 6.42 Å². The molecule has 1 aliphatic carbocycles. The van der Waals surface area contributed by atoms with Crippen LogP contribution in [0.15, 0.2) is 18.2 Å². The summed E-state index contributed by atoms with van der Waals surface area (Å²) >= 11 is 1.64. The molecule has 1 aromatic carbocycles. The van der Waals surface area contributed by atoms with Crippen molar-refractivity contribution >= 4 is 21.6 Å². The molecule has 1 aliphatic rings. The van der Waals surface area contributed by atoms with Gasteiger partial charge >= 0.3 is 0 Å². The predicted octanol–water partition coefficient (Wildman–Crippen LogP) is 2.86. The molecule has 1 saturated carbocycles. The Balaban J connectivity index is 1.82. The maximum absolute atomic E-state index is 13.0. The Bertz CT molecular complexity index is 531. The molecule has 1 heterocycles. The fourth-order valence-electron chi connectivity index (χ4n) is 1.82. The van der Waals surface area contributed by atoms with Gasteiger partial charge in [0.15, 0.2) is 0 Å². The Morgan fingerprint density at radius 1 is 1.44 bits per heavy atom. The van der Waals surface area contributed by atoms with Crippen LogP contribution in [-0.4, -0.2) is 10.5 Å². The highest BCUT2D eigenvalue weighted by Crippen LogP contribution is 2.37. The molecule has 0 aliphatic heterocycles. The summed E-state index contributed by atoms with van der Waals surface area (Å²) in [6.07, 6.45) is 4.17. The summed E-state index contributed by atoms with van der Waals surface area (Å²) in [6.45, 7) is 0. The van der Waals surface area contributed by atoms with E-state index >= 15 is 0 Å². The maximum Gasteiger partial charge on any atom is 0.125 e. The molecule has 3 rings (SSSR count). The molecule has 0 radical (unpaired) electrons. The third-order valence-corrected chi connectivity index (χ3v) is 4.22. The highest BCUT2D eigenvalue weighted by atomic mass is 32.1. The summed E-state index contributed by atoms with van der Waals surface area (Å²) in [5.74, 6) is -0.221. The SMILES string of the molecule is NC1(CCc2nc3cc(F)ccc3s2)CC1. The van der Waals surface area contributed by atoms with E-state index in [0.717, 1.165) is 40.9 Å². The van der Waals surface area contributed by atoms with Gasteiger partial charge in [0.1, 0.15) is 5.82 Å². The topological polar surface area (TPSA) is 38.9 Å². The molecule has 0 saturated heterocycles. The van der Waals surface area contributed by atoms with Crippen LogP contribution in [0.1, 0.15) is 24.3 Å². The van der Waals surface area contributed by atoms with Crippen LogP contribution in [0, 0.1) is 5.82 Å². The Morgan fingerprint density at radius 3 is 3.00 bits per heavy atom.